The molecule has 2 heterocycles. The number of carbonyl (C=O) groups is 2. The molecule has 6 rings (SSSR count). The van der Waals surface area contributed by atoms with Gasteiger partial charge in [0.05, 0.1) is 32.4 Å². The van der Waals surface area contributed by atoms with Crippen LogP contribution in [0, 0.1) is 28.9 Å². The number of methoxy groups -OCH3 is 1. The molecular formula is C36H38F2N4O6. The fraction of sp³-hybridized carbons (Fsp3) is 0.361. The molecule has 3 aromatic carbocycles. The number of halogens is 2. The molecule has 10 nitrogen and oxygen atoms in total. The predicted octanol–water partition coefficient (Wildman–Crippen LogP) is 6.26. The molecule has 1 saturated carbocycles. The first-order chi connectivity index (χ1) is 23.2. The lowest BCUT2D eigenvalue weighted by molar-refractivity contribution is -0.132. The van der Waals surface area contributed by atoms with Crippen molar-refractivity contribution in [3.8, 4) is 23.0 Å². The SMILES string of the molecule is COc1cc2c(Oc3ccc(NC(=O)C4(C(=O)Nc5ccc(F)cc5)C(C)[C@H]4C)cc3F)ccnc2cc1OCCCN1CCOCC1. The van der Waals surface area contributed by atoms with E-state index in [4.69, 9.17) is 18.9 Å². The van der Waals surface area contributed by atoms with Gasteiger partial charge in [-0.1, -0.05) is 13.8 Å². The summed E-state index contributed by atoms with van der Waals surface area (Å²) >= 11 is 0. The lowest BCUT2D eigenvalue weighted by atomic mass is 9.99. The van der Waals surface area contributed by atoms with Crippen LogP contribution in [-0.4, -0.2) is 68.3 Å². The Kier molecular flexibility index (Phi) is 9.74. The van der Waals surface area contributed by atoms with E-state index < -0.39 is 28.9 Å². The summed E-state index contributed by atoms with van der Waals surface area (Å²) in [6.07, 6.45) is 2.41. The summed E-state index contributed by atoms with van der Waals surface area (Å²) in [5.74, 6) is -1.42. The highest BCUT2D eigenvalue weighted by Gasteiger charge is 2.69. The number of aromatic nitrogens is 1. The maximum absolute atomic E-state index is 15.4. The molecule has 0 spiro atoms. The van der Waals surface area contributed by atoms with Crippen LogP contribution in [0.3, 0.4) is 0 Å². The standard InChI is InChI=1S/C36H38F2N4O6/c1-22-23(2)36(22,34(43)40-25-7-5-24(37)6-8-25)35(44)41-26-9-10-31(28(38)19-26)48-30-11-12-39-29-21-33(32(45-3)20-27(29)30)47-16-4-13-42-14-17-46-18-15-42/h5-12,19-23H,4,13-18H2,1-3H3,(H,40,43)(H,41,44)/t22-,23?,36?/m1/s1. The van der Waals surface area contributed by atoms with Gasteiger partial charge in [-0.3, -0.25) is 19.5 Å². The first kappa shape index (κ1) is 33.1. The van der Waals surface area contributed by atoms with E-state index in [1.54, 1.807) is 31.5 Å². The fourth-order valence-electron chi connectivity index (χ4n) is 6.27. The van der Waals surface area contributed by atoms with E-state index in [2.05, 4.69) is 20.5 Å². The van der Waals surface area contributed by atoms with Crippen molar-refractivity contribution in [2.24, 2.45) is 17.3 Å². The van der Waals surface area contributed by atoms with Gasteiger partial charge in [0, 0.05) is 54.7 Å². The van der Waals surface area contributed by atoms with Crippen LogP contribution in [0.25, 0.3) is 10.9 Å². The molecule has 2 N–H and O–H groups in total. The van der Waals surface area contributed by atoms with Crippen LogP contribution in [0.5, 0.6) is 23.0 Å². The van der Waals surface area contributed by atoms with Crippen LogP contribution in [0.4, 0.5) is 20.2 Å². The van der Waals surface area contributed by atoms with Gasteiger partial charge in [-0.2, -0.15) is 0 Å². The molecule has 0 bridgehead atoms. The van der Waals surface area contributed by atoms with Gasteiger partial charge in [-0.15, -0.1) is 0 Å². The molecule has 1 aromatic heterocycles. The van der Waals surface area contributed by atoms with Gasteiger partial charge in [-0.05, 0) is 66.8 Å². The molecule has 48 heavy (non-hydrogen) atoms. The summed E-state index contributed by atoms with van der Waals surface area (Å²) in [4.78, 5) is 33.5. The summed E-state index contributed by atoms with van der Waals surface area (Å²) in [6, 6.07) is 14.5. The van der Waals surface area contributed by atoms with Gasteiger partial charge in [0.1, 0.15) is 17.0 Å². The molecule has 1 saturated heterocycles. The second kappa shape index (κ2) is 14.1. The van der Waals surface area contributed by atoms with Crippen molar-refractivity contribution in [3.05, 3.63) is 78.5 Å². The molecule has 252 valence electrons. The number of nitrogens with one attached hydrogen (secondary N) is 2. The van der Waals surface area contributed by atoms with Gasteiger partial charge < -0.3 is 29.6 Å². The highest BCUT2D eigenvalue weighted by molar-refractivity contribution is 6.17. The monoisotopic (exact) mass is 660 g/mol. The van der Waals surface area contributed by atoms with E-state index in [1.165, 1.54) is 36.4 Å². The Morgan fingerprint density at radius 2 is 1.58 bits per heavy atom. The summed E-state index contributed by atoms with van der Waals surface area (Å²) in [6.45, 7) is 8.37. The molecular weight excluding hydrogens is 622 g/mol. The zero-order valence-electron chi connectivity index (χ0n) is 27.1. The third kappa shape index (κ3) is 6.76. The molecule has 4 aromatic rings. The lowest BCUT2D eigenvalue weighted by Crippen LogP contribution is -2.38. The van der Waals surface area contributed by atoms with Gasteiger partial charge in [0.15, 0.2) is 23.1 Å². The average Bonchev–Trinajstić information content (AvgIpc) is 3.65. The van der Waals surface area contributed by atoms with Crippen molar-refractivity contribution < 1.29 is 37.3 Å². The molecule has 12 heteroatoms. The van der Waals surface area contributed by atoms with E-state index in [1.807, 2.05) is 13.8 Å². The number of benzene rings is 3. The minimum absolute atomic E-state index is 0.0696. The Labute approximate surface area is 277 Å². The number of pyridine rings is 1. The largest absolute Gasteiger partial charge is 0.493 e. The smallest absolute Gasteiger partial charge is 0.240 e. The number of morpholine rings is 1. The van der Waals surface area contributed by atoms with E-state index >= 15 is 4.39 Å². The number of nitrogens with zero attached hydrogens (tertiary/aromatic N) is 2. The van der Waals surface area contributed by atoms with Crippen molar-refractivity contribution in [3.63, 3.8) is 0 Å². The van der Waals surface area contributed by atoms with Crippen molar-refractivity contribution in [2.75, 3.05) is 57.2 Å². The van der Waals surface area contributed by atoms with Crippen molar-refractivity contribution >= 4 is 34.1 Å². The van der Waals surface area contributed by atoms with E-state index in [0.717, 1.165) is 45.3 Å². The Morgan fingerprint density at radius 3 is 2.25 bits per heavy atom. The molecule has 1 aliphatic heterocycles. The number of carbonyl (C=O) groups excluding carboxylic acids is 2. The highest BCUT2D eigenvalue weighted by Crippen LogP contribution is 2.59. The Balaban J connectivity index is 1.13. The highest BCUT2D eigenvalue weighted by atomic mass is 19.1. The zero-order chi connectivity index (χ0) is 33.8. The number of amides is 2. The summed E-state index contributed by atoms with van der Waals surface area (Å²) in [5, 5.41) is 6.00. The third-order valence-corrected chi connectivity index (χ3v) is 9.31. The van der Waals surface area contributed by atoms with Crippen LogP contribution < -0.4 is 24.8 Å². The summed E-state index contributed by atoms with van der Waals surface area (Å²) in [7, 11) is 1.55. The Morgan fingerprint density at radius 1 is 0.896 bits per heavy atom. The fourth-order valence-corrected chi connectivity index (χ4v) is 6.27. The van der Waals surface area contributed by atoms with E-state index in [9.17, 15) is 14.0 Å². The minimum atomic E-state index is -1.36. The number of hydrogen-bond donors (Lipinski definition) is 2. The van der Waals surface area contributed by atoms with Crippen LogP contribution >= 0.6 is 0 Å². The van der Waals surface area contributed by atoms with E-state index in [0.29, 0.717) is 40.4 Å². The first-order valence-electron chi connectivity index (χ1n) is 16.0. The lowest BCUT2D eigenvalue weighted by Gasteiger charge is -2.26. The third-order valence-electron chi connectivity index (χ3n) is 9.31. The van der Waals surface area contributed by atoms with Gasteiger partial charge in [-0.25, -0.2) is 8.78 Å². The average molecular weight is 661 g/mol. The summed E-state index contributed by atoms with van der Waals surface area (Å²) < 4.78 is 51.7. The van der Waals surface area contributed by atoms with Gasteiger partial charge in [0.2, 0.25) is 11.8 Å². The Hall–Kier alpha value is -4.81. The first-order valence-corrected chi connectivity index (χ1v) is 16.0. The minimum Gasteiger partial charge on any atom is -0.493 e. The number of rotatable bonds is 12. The van der Waals surface area contributed by atoms with Crippen LogP contribution in [0.1, 0.15) is 20.3 Å². The maximum Gasteiger partial charge on any atom is 0.240 e. The van der Waals surface area contributed by atoms with Crippen LogP contribution in [0.2, 0.25) is 0 Å². The van der Waals surface area contributed by atoms with Gasteiger partial charge >= 0.3 is 0 Å². The van der Waals surface area contributed by atoms with Crippen LogP contribution in [-0.2, 0) is 14.3 Å². The molecule has 2 aliphatic rings. The summed E-state index contributed by atoms with van der Waals surface area (Å²) in [5.41, 5.74) is -0.239. The quantitative estimate of drug-likeness (QED) is 0.135. The second-order valence-electron chi connectivity index (χ2n) is 12.1. The van der Waals surface area contributed by atoms with Gasteiger partial charge in [0.25, 0.3) is 0 Å². The number of anilines is 2. The second-order valence-corrected chi connectivity index (χ2v) is 12.1. The number of hydrogen-bond acceptors (Lipinski definition) is 8. The van der Waals surface area contributed by atoms with Crippen molar-refractivity contribution in [1.82, 2.24) is 9.88 Å². The topological polar surface area (TPSA) is 111 Å². The number of ether oxygens (including phenoxy) is 4. The van der Waals surface area contributed by atoms with Crippen LogP contribution in [0.15, 0.2) is 66.9 Å². The maximum atomic E-state index is 15.4. The van der Waals surface area contributed by atoms with Crippen molar-refractivity contribution in [1.29, 1.82) is 0 Å². The molecule has 2 fully saturated rings. The molecule has 2 amide bonds. The Bertz CT molecular complexity index is 1790. The predicted molar refractivity (Wildman–Crippen MR) is 177 cm³/mol. The number of fused-ring (bicyclic) bond motifs is 1. The molecule has 0 radical (unpaired) electrons. The molecule has 3 atom stereocenters. The zero-order valence-corrected chi connectivity index (χ0v) is 27.1. The molecule has 2 unspecified atom stereocenters. The van der Waals surface area contributed by atoms with E-state index in [-0.39, 0.29) is 23.3 Å². The normalized spacial score (nSPS) is 20.6. The van der Waals surface area contributed by atoms with Crippen molar-refractivity contribution in [2.45, 2.75) is 20.3 Å². The molecule has 1 aliphatic carbocycles.